The highest BCUT2D eigenvalue weighted by Gasteiger charge is 1.98. The van der Waals surface area contributed by atoms with E-state index >= 15 is 0 Å². The van der Waals surface area contributed by atoms with Gasteiger partial charge in [-0.1, -0.05) is 15.7 Å². The molecular formula is C5H14NOP. The van der Waals surface area contributed by atoms with Crippen LogP contribution in [0.15, 0.2) is 0 Å². The third-order valence-corrected chi connectivity index (χ3v) is 1.76. The van der Waals surface area contributed by atoms with Gasteiger partial charge in [0.25, 0.3) is 0 Å². The molecule has 2 N–H and O–H groups in total. The fourth-order valence-corrected chi connectivity index (χ4v) is 1.18. The zero-order chi connectivity index (χ0) is 6.41. The van der Waals surface area contributed by atoms with Crippen LogP contribution in [0.2, 0.25) is 0 Å². The largest absolute Gasteiger partial charge is 0.395 e. The van der Waals surface area contributed by atoms with Gasteiger partial charge in [-0.3, -0.25) is 5.09 Å². The molecule has 2 unspecified atom stereocenters. The van der Waals surface area contributed by atoms with Gasteiger partial charge in [0.15, 0.2) is 0 Å². The monoisotopic (exact) mass is 135 g/mol. The number of hydrogen-bond donors (Lipinski definition) is 2. The summed E-state index contributed by atoms with van der Waals surface area (Å²) in [4.78, 5) is 0. The maximum atomic E-state index is 8.60. The van der Waals surface area contributed by atoms with Crippen molar-refractivity contribution in [2.24, 2.45) is 0 Å². The second kappa shape index (κ2) is 5.49. The minimum Gasteiger partial charge on any atom is -0.395 e. The van der Waals surface area contributed by atoms with E-state index in [1.54, 1.807) is 0 Å². The Labute approximate surface area is 52.5 Å². The van der Waals surface area contributed by atoms with Crippen molar-refractivity contribution in [2.45, 2.75) is 19.4 Å². The van der Waals surface area contributed by atoms with Crippen molar-refractivity contribution >= 4 is 8.73 Å². The van der Waals surface area contributed by atoms with E-state index in [0.717, 1.165) is 15.2 Å². The Hall–Kier alpha value is 0.350. The van der Waals surface area contributed by atoms with Gasteiger partial charge < -0.3 is 5.11 Å². The number of aliphatic hydroxyl groups excluding tert-OH is 1. The molecule has 0 bridgehead atoms. The van der Waals surface area contributed by atoms with Gasteiger partial charge in [-0.25, -0.2) is 0 Å². The van der Waals surface area contributed by atoms with Crippen molar-refractivity contribution in [3.05, 3.63) is 0 Å². The zero-order valence-corrected chi connectivity index (χ0v) is 6.44. The lowest BCUT2D eigenvalue weighted by Crippen LogP contribution is -2.24. The van der Waals surface area contributed by atoms with Gasteiger partial charge in [-0.2, -0.15) is 0 Å². The summed E-state index contributed by atoms with van der Waals surface area (Å²) in [6.07, 6.45) is 1.01. The summed E-state index contributed by atoms with van der Waals surface area (Å²) in [5.41, 5.74) is 0. The lowest BCUT2D eigenvalue weighted by molar-refractivity contribution is 0.256. The molecule has 3 heteroatoms. The normalized spacial score (nSPS) is 15.4. The Morgan fingerprint density at radius 3 is 2.50 bits per heavy atom. The average molecular weight is 135 g/mol. The first kappa shape index (κ1) is 8.35. The summed E-state index contributed by atoms with van der Waals surface area (Å²) in [5, 5.41) is 11.8. The van der Waals surface area contributed by atoms with Gasteiger partial charge in [0, 0.05) is 6.04 Å². The highest BCUT2D eigenvalue weighted by atomic mass is 31.1. The molecule has 0 spiro atoms. The van der Waals surface area contributed by atoms with Crippen LogP contribution in [0.3, 0.4) is 0 Å². The van der Waals surface area contributed by atoms with E-state index in [0.29, 0.717) is 6.04 Å². The third kappa shape index (κ3) is 3.36. The average Bonchev–Trinajstić information content (AvgIpc) is 1.83. The molecule has 0 heterocycles. The van der Waals surface area contributed by atoms with E-state index < -0.39 is 0 Å². The second-order valence-corrected chi connectivity index (χ2v) is 2.47. The number of nitrogens with one attached hydrogen (secondary N) is 1. The van der Waals surface area contributed by atoms with Crippen molar-refractivity contribution in [1.29, 1.82) is 0 Å². The molecule has 0 aromatic heterocycles. The summed E-state index contributed by atoms with van der Waals surface area (Å²) >= 11 is 0. The number of rotatable bonds is 4. The van der Waals surface area contributed by atoms with Gasteiger partial charge in [0.2, 0.25) is 0 Å². The van der Waals surface area contributed by atoms with E-state index in [1.165, 1.54) is 0 Å². The van der Waals surface area contributed by atoms with Crippen LogP contribution in [0.5, 0.6) is 0 Å². The van der Waals surface area contributed by atoms with Crippen molar-refractivity contribution in [1.82, 2.24) is 5.09 Å². The van der Waals surface area contributed by atoms with Crippen LogP contribution in [-0.2, 0) is 0 Å². The van der Waals surface area contributed by atoms with Gasteiger partial charge in [-0.05, 0) is 13.1 Å². The molecule has 8 heavy (non-hydrogen) atoms. The first-order valence-corrected chi connectivity index (χ1v) is 4.38. The standard InChI is InChI=1S/C5H14NOP/c1-3-5(4-7)6-8-2/h5-8H,3-4H2,1-2H3. The van der Waals surface area contributed by atoms with Gasteiger partial charge >= 0.3 is 0 Å². The fraction of sp³-hybridized carbons (Fsp3) is 1.00. The molecule has 0 aliphatic carbocycles. The quantitative estimate of drug-likeness (QED) is 0.552. The molecular weight excluding hydrogens is 121 g/mol. The SMILES string of the molecule is CCC(CO)NPC. The van der Waals surface area contributed by atoms with Crippen LogP contribution in [-0.4, -0.2) is 24.4 Å². The van der Waals surface area contributed by atoms with Gasteiger partial charge in [-0.15, -0.1) is 0 Å². The van der Waals surface area contributed by atoms with Crippen LogP contribution in [0.1, 0.15) is 13.3 Å². The van der Waals surface area contributed by atoms with Crippen LogP contribution in [0, 0.1) is 0 Å². The Bertz CT molecular complexity index is 47.7. The Balaban J connectivity index is 3.07. The molecule has 2 nitrogen and oxygen atoms in total. The molecule has 0 saturated carbocycles. The van der Waals surface area contributed by atoms with E-state index in [1.807, 2.05) is 0 Å². The molecule has 0 aromatic carbocycles. The van der Waals surface area contributed by atoms with E-state index in [-0.39, 0.29) is 6.61 Å². The van der Waals surface area contributed by atoms with Crippen LogP contribution >= 0.6 is 8.73 Å². The molecule has 0 radical (unpaired) electrons. The molecule has 0 saturated heterocycles. The van der Waals surface area contributed by atoms with E-state index in [2.05, 4.69) is 18.7 Å². The van der Waals surface area contributed by atoms with E-state index in [4.69, 9.17) is 5.11 Å². The summed E-state index contributed by atoms with van der Waals surface area (Å²) in [5.74, 6) is 0. The predicted octanol–water partition coefficient (Wildman–Crippen LogP) is 0.570. The highest BCUT2D eigenvalue weighted by Crippen LogP contribution is 1.99. The predicted molar refractivity (Wildman–Crippen MR) is 38.5 cm³/mol. The summed E-state index contributed by atoms with van der Waals surface area (Å²) in [7, 11) is 0.742. The van der Waals surface area contributed by atoms with E-state index in [9.17, 15) is 0 Å². The van der Waals surface area contributed by atoms with Gasteiger partial charge in [0.05, 0.1) is 6.61 Å². The maximum absolute atomic E-state index is 8.60. The van der Waals surface area contributed by atoms with Crippen molar-refractivity contribution < 1.29 is 5.11 Å². The summed E-state index contributed by atoms with van der Waals surface area (Å²) < 4.78 is 0. The van der Waals surface area contributed by atoms with Crippen molar-refractivity contribution in [3.63, 3.8) is 0 Å². The Morgan fingerprint density at radius 1 is 1.75 bits per heavy atom. The second-order valence-electron chi connectivity index (χ2n) is 1.68. The molecule has 0 aliphatic heterocycles. The lowest BCUT2D eigenvalue weighted by Gasteiger charge is -2.10. The fourth-order valence-electron chi connectivity index (χ4n) is 0.481. The lowest BCUT2D eigenvalue weighted by atomic mass is 10.3. The van der Waals surface area contributed by atoms with Crippen LogP contribution in [0.4, 0.5) is 0 Å². The smallest absolute Gasteiger partial charge is 0.0587 e. The van der Waals surface area contributed by atoms with Crippen LogP contribution in [0.25, 0.3) is 0 Å². The molecule has 50 valence electrons. The topological polar surface area (TPSA) is 32.3 Å². The molecule has 2 atom stereocenters. The zero-order valence-electron chi connectivity index (χ0n) is 5.44. The summed E-state index contributed by atoms with van der Waals surface area (Å²) in [6, 6.07) is 0.318. The number of aliphatic hydroxyl groups is 1. The molecule has 0 rings (SSSR count). The number of hydrogen-bond acceptors (Lipinski definition) is 2. The minimum absolute atomic E-state index is 0.261. The first-order chi connectivity index (χ1) is 3.85. The molecule has 0 fully saturated rings. The van der Waals surface area contributed by atoms with Crippen molar-refractivity contribution in [2.75, 3.05) is 13.3 Å². The van der Waals surface area contributed by atoms with Gasteiger partial charge in [0.1, 0.15) is 0 Å². The minimum atomic E-state index is 0.261. The highest BCUT2D eigenvalue weighted by molar-refractivity contribution is 7.34. The maximum Gasteiger partial charge on any atom is 0.0587 e. The molecule has 0 amide bonds. The summed E-state index contributed by atoms with van der Waals surface area (Å²) in [6.45, 7) is 4.39. The Morgan fingerprint density at radius 2 is 2.38 bits per heavy atom. The van der Waals surface area contributed by atoms with Crippen molar-refractivity contribution in [3.8, 4) is 0 Å². The Kier molecular flexibility index (Phi) is 5.73. The first-order valence-electron chi connectivity index (χ1n) is 2.88. The molecule has 0 aliphatic rings. The third-order valence-electron chi connectivity index (χ3n) is 1.06. The molecule has 0 aromatic rings. The van der Waals surface area contributed by atoms with Crippen LogP contribution < -0.4 is 5.09 Å².